The zero-order chi connectivity index (χ0) is 37.5. The van der Waals surface area contributed by atoms with Crippen LogP contribution in [0, 0.1) is 0 Å². The van der Waals surface area contributed by atoms with Crippen LogP contribution in [0.25, 0.3) is 87.8 Å². The van der Waals surface area contributed by atoms with Gasteiger partial charge in [-0.3, -0.25) is 0 Å². The number of aromatic nitrogens is 1. The van der Waals surface area contributed by atoms with E-state index in [2.05, 4.69) is 185 Å². The smallest absolute Gasteiger partial charge is 0.137 e. The van der Waals surface area contributed by atoms with Gasteiger partial charge in [0, 0.05) is 26.9 Å². The monoisotopic (exact) mass is 735 g/mol. The summed E-state index contributed by atoms with van der Waals surface area (Å²) in [5.41, 5.74) is 12.4. The molecule has 4 heterocycles. The molecule has 12 rings (SSSR count). The highest BCUT2D eigenvalue weighted by Gasteiger charge is 2.24. The zero-order valence-corrected chi connectivity index (χ0v) is 30.8. The topological polar surface area (TPSA) is 69.4 Å². The minimum absolute atomic E-state index is 0.0822. The summed E-state index contributed by atoms with van der Waals surface area (Å²) in [5.74, 6) is 0. The lowest BCUT2D eigenvalue weighted by Crippen LogP contribution is -2.44. The summed E-state index contributed by atoms with van der Waals surface area (Å²) in [6.45, 7) is 0. The largest absolute Gasteiger partial charge is 0.624 e. The Kier molecular flexibility index (Phi) is 7.25. The van der Waals surface area contributed by atoms with E-state index in [1.54, 1.807) is 0 Å². The summed E-state index contributed by atoms with van der Waals surface area (Å²) < 4.78 is 15.6. The molecule has 3 atom stereocenters. The lowest BCUT2D eigenvalue weighted by molar-refractivity contribution is 0.316. The van der Waals surface area contributed by atoms with Crippen LogP contribution in [0.3, 0.4) is 0 Å². The molecule has 0 amide bonds. The number of benzene rings is 8. The minimum atomic E-state index is -0.251. The Labute approximate surface area is 327 Å². The number of fused-ring (bicyclic) bond motifs is 9. The first kappa shape index (κ1) is 32.3. The Morgan fingerprint density at radius 3 is 1.81 bits per heavy atom. The molecule has 3 unspecified atom stereocenters. The zero-order valence-electron chi connectivity index (χ0n) is 30.8. The van der Waals surface area contributed by atoms with Crippen molar-refractivity contribution in [2.75, 3.05) is 0 Å². The average Bonchev–Trinajstić information content (AvgIpc) is 3.96. The second-order valence-electron chi connectivity index (χ2n) is 14.9. The molecule has 0 saturated carbocycles. The maximum atomic E-state index is 6.65. The molecule has 11 aromatic rings. The summed E-state index contributed by atoms with van der Waals surface area (Å²) >= 11 is 0. The van der Waals surface area contributed by atoms with E-state index < -0.39 is 0 Å². The van der Waals surface area contributed by atoms with Crippen molar-refractivity contribution in [3.8, 4) is 16.8 Å². The number of nitrogens with one attached hydrogen (secondary N) is 2. The van der Waals surface area contributed by atoms with Gasteiger partial charge in [0.2, 0.25) is 0 Å². The first-order valence-corrected chi connectivity index (χ1v) is 19.5. The molecule has 6 nitrogen and oxygen atoms in total. The molecule has 0 aliphatic carbocycles. The Balaban J connectivity index is 0.977. The number of rotatable bonds is 5. The molecule has 57 heavy (non-hydrogen) atoms. The van der Waals surface area contributed by atoms with Gasteiger partial charge in [-0.15, -0.1) is 0 Å². The molecular formula is C51H35N4O2-. The third-order valence-corrected chi connectivity index (χ3v) is 11.6. The van der Waals surface area contributed by atoms with Gasteiger partial charge in [0.15, 0.2) is 0 Å². The lowest BCUT2D eigenvalue weighted by atomic mass is 9.97. The molecule has 2 N–H and O–H groups in total. The van der Waals surface area contributed by atoms with Crippen LogP contribution in [0.5, 0.6) is 0 Å². The number of furan rings is 2. The van der Waals surface area contributed by atoms with E-state index in [9.17, 15) is 0 Å². The van der Waals surface area contributed by atoms with E-state index in [1.807, 2.05) is 12.1 Å². The van der Waals surface area contributed by atoms with Gasteiger partial charge in [-0.1, -0.05) is 151 Å². The molecule has 0 bridgehead atoms. The van der Waals surface area contributed by atoms with Crippen LogP contribution in [0.15, 0.2) is 191 Å². The fraction of sp³-hybridized carbons (Fsp3) is 0.0588. The summed E-state index contributed by atoms with van der Waals surface area (Å²) in [6, 6.07) is 64.0. The predicted molar refractivity (Wildman–Crippen MR) is 232 cm³/mol. The van der Waals surface area contributed by atoms with Crippen molar-refractivity contribution in [2.45, 2.75) is 18.5 Å². The molecule has 1 fully saturated rings. The van der Waals surface area contributed by atoms with Crippen LogP contribution in [0.2, 0.25) is 0 Å². The highest BCUT2D eigenvalue weighted by atomic mass is 16.3. The van der Waals surface area contributed by atoms with Gasteiger partial charge in [-0.05, 0) is 70.8 Å². The van der Waals surface area contributed by atoms with Gasteiger partial charge in [0.25, 0.3) is 0 Å². The second kappa shape index (κ2) is 12.8. The number of nitrogens with zero attached hydrogens (tertiary/aromatic N) is 2. The van der Waals surface area contributed by atoms with E-state index in [1.165, 1.54) is 21.8 Å². The first-order valence-electron chi connectivity index (χ1n) is 19.5. The fourth-order valence-electron chi connectivity index (χ4n) is 9.03. The molecule has 1 aliphatic heterocycles. The predicted octanol–water partition coefficient (Wildman–Crippen LogP) is 13.2. The molecular weight excluding hydrogens is 701 g/mol. The van der Waals surface area contributed by atoms with Crippen LogP contribution < -0.4 is 10.6 Å². The number of para-hydroxylation sites is 2. The summed E-state index contributed by atoms with van der Waals surface area (Å²) in [4.78, 5) is 0. The average molecular weight is 736 g/mol. The van der Waals surface area contributed by atoms with E-state index in [0.717, 1.165) is 77.4 Å². The minimum Gasteiger partial charge on any atom is -0.624 e. The van der Waals surface area contributed by atoms with Gasteiger partial charge in [0.1, 0.15) is 22.3 Å². The summed E-state index contributed by atoms with van der Waals surface area (Å²) in [7, 11) is 0. The first-order chi connectivity index (χ1) is 28.2. The molecule has 0 radical (unpaired) electrons. The molecule has 272 valence electrons. The number of hydrogen-bond acceptors (Lipinski definition) is 4. The van der Waals surface area contributed by atoms with E-state index >= 15 is 0 Å². The van der Waals surface area contributed by atoms with Crippen LogP contribution >= 0.6 is 0 Å². The van der Waals surface area contributed by atoms with Gasteiger partial charge < -0.3 is 29.4 Å². The standard InChI is InChI=1S/C51H35N4O2/c1-3-13-31(14-4-1)49-52-50(32-15-5-2-6-16-32)54-51(53-49)34-25-27-38-46(30-34)57-44-23-11-19-35(47(38)44)33-26-28-43-39(29-33)48-42(22-12-24-45(48)56-43)55-40-20-9-7-17-36(40)37-18-8-10-21-41(37)55/h1-30,49-53H/q-1. The van der Waals surface area contributed by atoms with Crippen molar-refractivity contribution in [2.24, 2.45) is 0 Å². The van der Waals surface area contributed by atoms with Gasteiger partial charge >= 0.3 is 0 Å². The third kappa shape index (κ3) is 5.16. The van der Waals surface area contributed by atoms with Crippen molar-refractivity contribution in [1.82, 2.24) is 15.2 Å². The van der Waals surface area contributed by atoms with Crippen LogP contribution in [0.4, 0.5) is 0 Å². The highest BCUT2D eigenvalue weighted by molar-refractivity contribution is 6.17. The normalized spacial score (nSPS) is 17.4. The maximum absolute atomic E-state index is 6.65. The Bertz CT molecular complexity index is 3210. The Morgan fingerprint density at radius 1 is 0.421 bits per heavy atom. The lowest BCUT2D eigenvalue weighted by Gasteiger charge is -2.50. The Morgan fingerprint density at radius 2 is 1.05 bits per heavy atom. The second-order valence-corrected chi connectivity index (χ2v) is 14.9. The molecule has 1 aliphatic rings. The van der Waals surface area contributed by atoms with Crippen LogP contribution in [-0.2, 0) is 0 Å². The van der Waals surface area contributed by atoms with Gasteiger partial charge in [-0.2, -0.15) is 0 Å². The van der Waals surface area contributed by atoms with Crippen LogP contribution in [-0.4, -0.2) is 4.57 Å². The summed E-state index contributed by atoms with van der Waals surface area (Å²) in [6.07, 6.45) is -0.509. The SMILES string of the molecule is c1ccc(C2[N-]C(c3ccc4c(c3)oc3cccc(-c5ccc6oc7cccc(-n8c9ccccc9c9ccccc98)c7c6c5)c34)NC(c3ccccc3)N2)cc1. The van der Waals surface area contributed by atoms with Crippen LogP contribution in [0.1, 0.15) is 35.2 Å². The molecule has 1 saturated heterocycles. The molecule has 6 heteroatoms. The fourth-order valence-corrected chi connectivity index (χ4v) is 9.03. The van der Waals surface area contributed by atoms with Crippen molar-refractivity contribution < 1.29 is 8.83 Å². The van der Waals surface area contributed by atoms with Crippen molar-refractivity contribution in [1.29, 1.82) is 0 Å². The van der Waals surface area contributed by atoms with E-state index in [-0.39, 0.29) is 18.5 Å². The van der Waals surface area contributed by atoms with E-state index in [0.29, 0.717) is 0 Å². The molecule has 8 aromatic carbocycles. The van der Waals surface area contributed by atoms with Crippen molar-refractivity contribution >= 4 is 65.7 Å². The van der Waals surface area contributed by atoms with Gasteiger partial charge in [0.05, 0.1) is 28.3 Å². The van der Waals surface area contributed by atoms with E-state index in [4.69, 9.17) is 14.2 Å². The maximum Gasteiger partial charge on any atom is 0.137 e. The molecule has 3 aromatic heterocycles. The van der Waals surface area contributed by atoms with Gasteiger partial charge in [-0.25, -0.2) is 0 Å². The highest BCUT2D eigenvalue weighted by Crippen LogP contribution is 2.44. The van der Waals surface area contributed by atoms with Crippen molar-refractivity contribution in [3.63, 3.8) is 0 Å². The molecule has 0 spiro atoms. The summed E-state index contributed by atoms with van der Waals surface area (Å²) in [5, 5.41) is 19.5. The van der Waals surface area contributed by atoms with Crippen molar-refractivity contribution in [3.05, 3.63) is 204 Å². The number of hydrogen-bond donors (Lipinski definition) is 2. The third-order valence-electron chi connectivity index (χ3n) is 11.6. The Hall–Kier alpha value is -6.96. The quantitative estimate of drug-likeness (QED) is 0.185.